The molecule has 4 nitrogen and oxygen atoms in total. The second-order valence-electron chi connectivity index (χ2n) is 6.77. The van der Waals surface area contributed by atoms with Crippen LogP contribution >= 0.6 is 0 Å². The van der Waals surface area contributed by atoms with Crippen LogP contribution in [0.1, 0.15) is 25.8 Å². The number of rotatable bonds is 5. The van der Waals surface area contributed by atoms with Gasteiger partial charge in [0.05, 0.1) is 6.10 Å². The van der Waals surface area contributed by atoms with E-state index in [1.54, 1.807) is 0 Å². The van der Waals surface area contributed by atoms with Crippen molar-refractivity contribution in [1.29, 1.82) is 0 Å². The van der Waals surface area contributed by atoms with E-state index in [1.807, 2.05) is 0 Å². The summed E-state index contributed by atoms with van der Waals surface area (Å²) in [6, 6.07) is 9.36. The standard InChI is InChI=1S/C18H29N3O/c1-15(2)22-18-5-3-16(4-6-18)14-20-9-11-21(12-10-20)17-7-8-19-13-17/h3-6,15,17,19H,7-14H2,1-2H3. The Balaban J connectivity index is 1.46. The van der Waals surface area contributed by atoms with Crippen LogP contribution in [-0.2, 0) is 6.54 Å². The summed E-state index contributed by atoms with van der Waals surface area (Å²) in [6.07, 6.45) is 1.56. The Kier molecular flexibility index (Phi) is 5.34. The molecule has 0 aliphatic carbocycles. The monoisotopic (exact) mass is 303 g/mol. The van der Waals surface area contributed by atoms with Crippen molar-refractivity contribution in [2.75, 3.05) is 39.3 Å². The lowest BCUT2D eigenvalue weighted by molar-refractivity contribution is 0.0981. The van der Waals surface area contributed by atoms with Gasteiger partial charge in [0.25, 0.3) is 0 Å². The summed E-state index contributed by atoms with van der Waals surface area (Å²) in [6.45, 7) is 12.3. The summed E-state index contributed by atoms with van der Waals surface area (Å²) in [7, 11) is 0. The normalized spacial score (nSPS) is 24.0. The number of ether oxygens (including phenoxy) is 1. The van der Waals surface area contributed by atoms with Crippen molar-refractivity contribution >= 4 is 0 Å². The molecule has 1 aromatic carbocycles. The first-order valence-electron chi connectivity index (χ1n) is 8.63. The molecule has 0 bridgehead atoms. The summed E-state index contributed by atoms with van der Waals surface area (Å²) in [5.41, 5.74) is 1.38. The Hall–Kier alpha value is -1.10. The molecule has 0 amide bonds. The van der Waals surface area contributed by atoms with Gasteiger partial charge in [-0.25, -0.2) is 0 Å². The van der Waals surface area contributed by atoms with Gasteiger partial charge >= 0.3 is 0 Å². The van der Waals surface area contributed by atoms with Gasteiger partial charge < -0.3 is 10.1 Å². The number of nitrogens with zero attached hydrogens (tertiary/aromatic N) is 2. The quantitative estimate of drug-likeness (QED) is 0.900. The Morgan fingerprint density at radius 1 is 1.14 bits per heavy atom. The highest BCUT2D eigenvalue weighted by atomic mass is 16.5. The fraction of sp³-hybridized carbons (Fsp3) is 0.667. The molecule has 2 fully saturated rings. The number of piperazine rings is 1. The molecular weight excluding hydrogens is 274 g/mol. The molecule has 0 spiro atoms. The molecule has 3 rings (SSSR count). The maximum absolute atomic E-state index is 5.70. The van der Waals surface area contributed by atoms with Gasteiger partial charge in [0, 0.05) is 45.3 Å². The van der Waals surface area contributed by atoms with Crippen molar-refractivity contribution in [3.05, 3.63) is 29.8 Å². The number of nitrogens with one attached hydrogen (secondary N) is 1. The zero-order valence-corrected chi connectivity index (χ0v) is 13.9. The van der Waals surface area contributed by atoms with Gasteiger partial charge in [-0.15, -0.1) is 0 Å². The number of benzene rings is 1. The summed E-state index contributed by atoms with van der Waals surface area (Å²) in [5, 5.41) is 3.47. The first-order valence-corrected chi connectivity index (χ1v) is 8.63. The van der Waals surface area contributed by atoms with Gasteiger partial charge in [0.2, 0.25) is 0 Å². The molecular formula is C18H29N3O. The second-order valence-corrected chi connectivity index (χ2v) is 6.77. The molecule has 1 unspecified atom stereocenters. The van der Waals surface area contributed by atoms with Gasteiger partial charge in [0.1, 0.15) is 5.75 Å². The van der Waals surface area contributed by atoms with E-state index in [4.69, 9.17) is 4.74 Å². The molecule has 1 atom stereocenters. The third-order valence-corrected chi connectivity index (χ3v) is 4.66. The fourth-order valence-electron chi connectivity index (χ4n) is 3.44. The van der Waals surface area contributed by atoms with E-state index >= 15 is 0 Å². The van der Waals surface area contributed by atoms with Crippen molar-refractivity contribution in [2.45, 2.75) is 39.0 Å². The average molecular weight is 303 g/mol. The smallest absolute Gasteiger partial charge is 0.119 e. The summed E-state index contributed by atoms with van der Waals surface area (Å²) < 4.78 is 5.70. The van der Waals surface area contributed by atoms with Gasteiger partial charge in [-0.2, -0.15) is 0 Å². The molecule has 2 saturated heterocycles. The van der Waals surface area contributed by atoms with E-state index in [1.165, 1.54) is 51.3 Å². The van der Waals surface area contributed by atoms with Crippen molar-refractivity contribution in [1.82, 2.24) is 15.1 Å². The Bertz CT molecular complexity index is 446. The third kappa shape index (κ3) is 4.22. The lowest BCUT2D eigenvalue weighted by atomic mass is 10.1. The first-order chi connectivity index (χ1) is 10.7. The summed E-state index contributed by atoms with van der Waals surface area (Å²) in [4.78, 5) is 5.23. The topological polar surface area (TPSA) is 27.7 Å². The Morgan fingerprint density at radius 2 is 1.86 bits per heavy atom. The first kappa shape index (κ1) is 15.8. The average Bonchev–Trinajstić information content (AvgIpc) is 3.04. The van der Waals surface area contributed by atoms with Crippen molar-refractivity contribution in [3.8, 4) is 5.75 Å². The van der Waals surface area contributed by atoms with Crippen molar-refractivity contribution in [3.63, 3.8) is 0 Å². The van der Waals surface area contributed by atoms with E-state index in [-0.39, 0.29) is 6.10 Å². The second kappa shape index (κ2) is 7.44. The van der Waals surface area contributed by atoms with Crippen LogP contribution in [0.15, 0.2) is 24.3 Å². The molecule has 22 heavy (non-hydrogen) atoms. The fourth-order valence-corrected chi connectivity index (χ4v) is 3.44. The zero-order chi connectivity index (χ0) is 15.4. The van der Waals surface area contributed by atoms with Crippen LogP contribution in [0.2, 0.25) is 0 Å². The highest BCUT2D eigenvalue weighted by Gasteiger charge is 2.25. The van der Waals surface area contributed by atoms with Gasteiger partial charge in [0.15, 0.2) is 0 Å². The van der Waals surface area contributed by atoms with Gasteiger partial charge in [-0.1, -0.05) is 12.1 Å². The summed E-state index contributed by atoms with van der Waals surface area (Å²) in [5.74, 6) is 0.970. The van der Waals surface area contributed by atoms with Crippen molar-refractivity contribution in [2.24, 2.45) is 0 Å². The third-order valence-electron chi connectivity index (χ3n) is 4.66. The molecule has 2 aliphatic heterocycles. The molecule has 0 saturated carbocycles. The number of hydrogen-bond donors (Lipinski definition) is 1. The lowest BCUT2D eigenvalue weighted by Gasteiger charge is -2.37. The molecule has 4 heteroatoms. The van der Waals surface area contributed by atoms with Crippen molar-refractivity contribution < 1.29 is 4.74 Å². The maximum Gasteiger partial charge on any atom is 0.119 e. The van der Waals surface area contributed by atoms with Crippen LogP contribution < -0.4 is 10.1 Å². The maximum atomic E-state index is 5.70. The van der Waals surface area contributed by atoms with E-state index in [2.05, 4.69) is 53.2 Å². The van der Waals surface area contributed by atoms with Gasteiger partial charge in [-0.3, -0.25) is 9.80 Å². The van der Waals surface area contributed by atoms with E-state index < -0.39 is 0 Å². The molecule has 122 valence electrons. The lowest BCUT2D eigenvalue weighted by Crippen LogP contribution is -2.50. The van der Waals surface area contributed by atoms with Crippen LogP contribution in [0.5, 0.6) is 5.75 Å². The Morgan fingerprint density at radius 3 is 2.45 bits per heavy atom. The molecule has 0 aromatic heterocycles. The van der Waals surface area contributed by atoms with E-state index in [0.29, 0.717) is 0 Å². The molecule has 2 heterocycles. The SMILES string of the molecule is CC(C)Oc1ccc(CN2CCN(C3CCNC3)CC2)cc1. The zero-order valence-electron chi connectivity index (χ0n) is 13.9. The van der Waals surface area contributed by atoms with Crippen LogP contribution in [0.3, 0.4) is 0 Å². The van der Waals surface area contributed by atoms with Gasteiger partial charge in [-0.05, 0) is 44.5 Å². The minimum Gasteiger partial charge on any atom is -0.491 e. The minimum absolute atomic E-state index is 0.240. The molecule has 2 aliphatic rings. The predicted octanol–water partition coefficient (Wildman–Crippen LogP) is 1.95. The Labute approximate surface area is 134 Å². The highest BCUT2D eigenvalue weighted by Crippen LogP contribution is 2.17. The molecule has 1 aromatic rings. The minimum atomic E-state index is 0.240. The summed E-state index contributed by atoms with van der Waals surface area (Å²) >= 11 is 0. The largest absolute Gasteiger partial charge is 0.491 e. The van der Waals surface area contributed by atoms with Crippen LogP contribution in [0, 0.1) is 0 Å². The predicted molar refractivity (Wildman–Crippen MR) is 90.3 cm³/mol. The van der Waals surface area contributed by atoms with E-state index in [9.17, 15) is 0 Å². The van der Waals surface area contributed by atoms with Crippen LogP contribution in [0.25, 0.3) is 0 Å². The van der Waals surface area contributed by atoms with Crippen LogP contribution in [0.4, 0.5) is 0 Å². The number of hydrogen-bond acceptors (Lipinski definition) is 4. The highest BCUT2D eigenvalue weighted by molar-refractivity contribution is 5.27. The molecule has 1 N–H and O–H groups in total. The van der Waals surface area contributed by atoms with Crippen LogP contribution in [-0.4, -0.2) is 61.2 Å². The van der Waals surface area contributed by atoms with E-state index in [0.717, 1.165) is 18.3 Å². The molecule has 0 radical (unpaired) electrons.